The SMILES string of the molecule is Cc1cc(C)c2c(-c3ccccc3)nc(SCC(=O)NC(C)(C#N)C(C)C)n2n1. The highest BCUT2D eigenvalue weighted by molar-refractivity contribution is 7.99. The molecule has 1 aromatic carbocycles. The molecule has 1 amide bonds. The number of hydrogen-bond donors (Lipinski definition) is 1. The van der Waals surface area contributed by atoms with Crippen molar-refractivity contribution in [1.29, 1.82) is 5.26 Å². The molecule has 0 aliphatic rings. The van der Waals surface area contributed by atoms with Gasteiger partial charge in [0.25, 0.3) is 0 Å². The van der Waals surface area contributed by atoms with E-state index in [1.807, 2.05) is 68.6 Å². The van der Waals surface area contributed by atoms with Crippen molar-refractivity contribution in [1.82, 2.24) is 19.9 Å². The number of imidazole rings is 1. The van der Waals surface area contributed by atoms with Gasteiger partial charge in [-0.2, -0.15) is 10.4 Å². The van der Waals surface area contributed by atoms with E-state index in [4.69, 9.17) is 4.98 Å². The number of carbonyl (C=O) groups excluding carboxylic acids is 1. The van der Waals surface area contributed by atoms with E-state index >= 15 is 0 Å². The van der Waals surface area contributed by atoms with Crippen LogP contribution >= 0.6 is 11.8 Å². The van der Waals surface area contributed by atoms with Crippen LogP contribution < -0.4 is 5.32 Å². The highest BCUT2D eigenvalue weighted by Gasteiger charge is 2.30. The quantitative estimate of drug-likeness (QED) is 0.620. The number of nitrogens with one attached hydrogen (secondary N) is 1. The van der Waals surface area contributed by atoms with Crippen LogP contribution in [0.2, 0.25) is 0 Å². The fraction of sp³-hybridized carbons (Fsp3) is 0.364. The van der Waals surface area contributed by atoms with Crippen LogP contribution in [0.3, 0.4) is 0 Å². The van der Waals surface area contributed by atoms with E-state index in [1.165, 1.54) is 11.8 Å². The summed E-state index contributed by atoms with van der Waals surface area (Å²) < 4.78 is 1.82. The van der Waals surface area contributed by atoms with Crippen LogP contribution in [0.4, 0.5) is 0 Å². The molecule has 0 saturated heterocycles. The van der Waals surface area contributed by atoms with Gasteiger partial charge in [0.05, 0.1) is 28.7 Å². The first-order valence-corrected chi connectivity index (χ1v) is 10.5. The van der Waals surface area contributed by atoms with Crippen molar-refractivity contribution in [3.05, 3.63) is 47.7 Å². The topological polar surface area (TPSA) is 83.1 Å². The molecule has 0 saturated carbocycles. The Morgan fingerprint density at radius 1 is 1.31 bits per heavy atom. The fourth-order valence-corrected chi connectivity index (χ4v) is 3.80. The minimum absolute atomic E-state index is 0.00496. The summed E-state index contributed by atoms with van der Waals surface area (Å²) in [5, 5.41) is 17.6. The van der Waals surface area contributed by atoms with Gasteiger partial charge >= 0.3 is 0 Å². The highest BCUT2D eigenvalue weighted by atomic mass is 32.2. The van der Waals surface area contributed by atoms with Crippen molar-refractivity contribution in [2.75, 3.05) is 5.75 Å². The molecule has 0 radical (unpaired) electrons. The maximum absolute atomic E-state index is 12.5. The number of thioether (sulfide) groups is 1. The average Bonchev–Trinajstić information content (AvgIpc) is 3.05. The Bertz CT molecular complexity index is 1080. The summed E-state index contributed by atoms with van der Waals surface area (Å²) in [6.45, 7) is 9.56. The Morgan fingerprint density at radius 3 is 2.62 bits per heavy atom. The van der Waals surface area contributed by atoms with Crippen LogP contribution in [0.25, 0.3) is 16.8 Å². The number of fused-ring (bicyclic) bond motifs is 1. The highest BCUT2D eigenvalue weighted by Crippen LogP contribution is 2.30. The second kappa shape index (κ2) is 8.26. The van der Waals surface area contributed by atoms with Gasteiger partial charge < -0.3 is 5.32 Å². The molecule has 150 valence electrons. The molecular formula is C22H25N5OS. The van der Waals surface area contributed by atoms with Crippen LogP contribution in [0.5, 0.6) is 0 Å². The van der Waals surface area contributed by atoms with Gasteiger partial charge in [0.1, 0.15) is 5.54 Å². The molecular weight excluding hydrogens is 382 g/mol. The van der Waals surface area contributed by atoms with E-state index < -0.39 is 5.54 Å². The van der Waals surface area contributed by atoms with Crippen LogP contribution in [0.1, 0.15) is 32.0 Å². The molecule has 0 bridgehead atoms. The third-order valence-electron chi connectivity index (χ3n) is 5.05. The van der Waals surface area contributed by atoms with Gasteiger partial charge in [-0.1, -0.05) is 55.9 Å². The molecule has 0 aliphatic heterocycles. The number of rotatable bonds is 6. The standard InChI is InChI=1S/C22H25N5OS/c1-14(2)22(5,13-23)25-18(28)12-29-21-24-19(17-9-7-6-8-10-17)20-15(3)11-16(4)26-27(20)21/h6-11,14H,12H2,1-5H3,(H,25,28). The molecule has 2 heterocycles. The molecule has 3 rings (SSSR count). The molecule has 3 aromatic rings. The number of hydrogen-bond acceptors (Lipinski definition) is 5. The predicted octanol–water partition coefficient (Wildman–Crippen LogP) is 4.16. The molecule has 6 nitrogen and oxygen atoms in total. The lowest BCUT2D eigenvalue weighted by atomic mass is 9.90. The Kier molecular flexibility index (Phi) is 5.94. The summed E-state index contributed by atoms with van der Waals surface area (Å²) in [5.74, 6) is -0.0353. The summed E-state index contributed by atoms with van der Waals surface area (Å²) in [6, 6.07) is 14.2. The lowest BCUT2D eigenvalue weighted by Gasteiger charge is -2.27. The van der Waals surface area contributed by atoms with E-state index in [1.54, 1.807) is 6.92 Å². The summed E-state index contributed by atoms with van der Waals surface area (Å²) in [6.07, 6.45) is 0. The monoisotopic (exact) mass is 407 g/mol. The lowest BCUT2D eigenvalue weighted by Crippen LogP contribution is -2.49. The van der Waals surface area contributed by atoms with Crippen molar-refractivity contribution in [2.45, 2.75) is 45.3 Å². The number of aryl methyl sites for hydroxylation is 2. The van der Waals surface area contributed by atoms with Crippen molar-refractivity contribution in [3.8, 4) is 17.3 Å². The van der Waals surface area contributed by atoms with E-state index in [-0.39, 0.29) is 17.6 Å². The Hall–Kier alpha value is -2.85. The number of nitriles is 1. The third kappa shape index (κ3) is 4.28. The summed E-state index contributed by atoms with van der Waals surface area (Å²) in [7, 11) is 0. The van der Waals surface area contributed by atoms with Gasteiger partial charge in [-0.3, -0.25) is 4.79 Å². The molecule has 1 unspecified atom stereocenters. The summed E-state index contributed by atoms with van der Waals surface area (Å²) in [4.78, 5) is 17.3. The van der Waals surface area contributed by atoms with Crippen LogP contribution in [0, 0.1) is 31.1 Å². The van der Waals surface area contributed by atoms with E-state index in [2.05, 4.69) is 16.5 Å². The van der Waals surface area contributed by atoms with Crippen LogP contribution in [-0.2, 0) is 4.79 Å². The minimum Gasteiger partial charge on any atom is -0.337 e. The number of carbonyl (C=O) groups is 1. The molecule has 1 atom stereocenters. The average molecular weight is 408 g/mol. The summed E-state index contributed by atoms with van der Waals surface area (Å²) >= 11 is 1.32. The summed E-state index contributed by atoms with van der Waals surface area (Å²) in [5.41, 5.74) is 3.86. The number of amides is 1. The van der Waals surface area contributed by atoms with Crippen molar-refractivity contribution >= 4 is 23.2 Å². The smallest absolute Gasteiger partial charge is 0.231 e. The van der Waals surface area contributed by atoms with Gasteiger partial charge in [-0.15, -0.1) is 0 Å². The van der Waals surface area contributed by atoms with Gasteiger partial charge in [-0.25, -0.2) is 9.50 Å². The van der Waals surface area contributed by atoms with E-state index in [0.717, 1.165) is 28.0 Å². The Morgan fingerprint density at radius 2 is 2.00 bits per heavy atom. The van der Waals surface area contributed by atoms with Gasteiger partial charge in [-0.05, 0) is 38.3 Å². The normalized spacial score (nSPS) is 13.3. The maximum atomic E-state index is 12.5. The first-order chi connectivity index (χ1) is 13.7. The largest absolute Gasteiger partial charge is 0.337 e. The molecule has 29 heavy (non-hydrogen) atoms. The number of benzene rings is 1. The van der Waals surface area contributed by atoms with Gasteiger partial charge in [0.15, 0.2) is 5.16 Å². The van der Waals surface area contributed by atoms with Crippen LogP contribution in [-0.4, -0.2) is 31.8 Å². The Balaban J connectivity index is 1.92. The first kappa shape index (κ1) is 20.9. The minimum atomic E-state index is -0.896. The second-order valence-electron chi connectivity index (χ2n) is 7.64. The Labute approximate surface area is 175 Å². The van der Waals surface area contributed by atoms with Crippen molar-refractivity contribution < 1.29 is 4.79 Å². The van der Waals surface area contributed by atoms with Gasteiger partial charge in [0, 0.05) is 5.56 Å². The fourth-order valence-electron chi connectivity index (χ4n) is 3.05. The molecule has 2 aromatic heterocycles. The molecule has 1 N–H and O–H groups in total. The predicted molar refractivity (Wildman–Crippen MR) is 116 cm³/mol. The zero-order valence-corrected chi connectivity index (χ0v) is 18.2. The maximum Gasteiger partial charge on any atom is 0.231 e. The third-order valence-corrected chi connectivity index (χ3v) is 5.98. The van der Waals surface area contributed by atoms with Crippen molar-refractivity contribution in [2.24, 2.45) is 5.92 Å². The second-order valence-corrected chi connectivity index (χ2v) is 8.59. The van der Waals surface area contributed by atoms with Crippen molar-refractivity contribution in [3.63, 3.8) is 0 Å². The molecule has 0 spiro atoms. The lowest BCUT2D eigenvalue weighted by molar-refractivity contribution is -0.120. The van der Waals surface area contributed by atoms with Crippen LogP contribution in [0.15, 0.2) is 41.6 Å². The zero-order valence-electron chi connectivity index (χ0n) is 17.4. The first-order valence-electron chi connectivity index (χ1n) is 9.52. The molecule has 7 heteroatoms. The molecule has 0 aliphatic carbocycles. The van der Waals surface area contributed by atoms with Gasteiger partial charge in [0.2, 0.25) is 5.91 Å². The number of nitrogens with zero attached hydrogens (tertiary/aromatic N) is 4. The van der Waals surface area contributed by atoms with E-state index in [0.29, 0.717) is 5.16 Å². The number of aromatic nitrogens is 3. The molecule has 0 fully saturated rings. The zero-order chi connectivity index (χ0) is 21.2. The van der Waals surface area contributed by atoms with E-state index in [9.17, 15) is 10.1 Å².